The van der Waals surface area contributed by atoms with Gasteiger partial charge in [-0.15, -0.1) is 0 Å². The van der Waals surface area contributed by atoms with Gasteiger partial charge in [-0.1, -0.05) is 0 Å². The van der Waals surface area contributed by atoms with Gasteiger partial charge in [0.25, 0.3) is 5.91 Å². The predicted octanol–water partition coefficient (Wildman–Crippen LogP) is 2.91. The molecule has 0 aliphatic carbocycles. The molecule has 3 amide bonds. The number of amides is 3. The lowest BCUT2D eigenvalue weighted by molar-refractivity contribution is 0.0715. The average molecular weight is 403 g/mol. The van der Waals surface area contributed by atoms with Crippen molar-refractivity contribution in [1.29, 1.82) is 0 Å². The predicted molar refractivity (Wildman–Crippen MR) is 102 cm³/mol. The zero-order valence-electron chi connectivity index (χ0n) is 16.3. The fraction of sp³-hybridized carbons (Fsp3) is 0.450. The minimum atomic E-state index is -0.835. The molecule has 2 aliphatic rings. The van der Waals surface area contributed by atoms with Gasteiger partial charge >= 0.3 is 6.03 Å². The molecule has 1 N–H and O–H groups in total. The van der Waals surface area contributed by atoms with E-state index in [2.05, 4.69) is 10.4 Å². The minimum Gasteiger partial charge on any atom is -0.337 e. The molecule has 2 aliphatic heterocycles. The molecular weight excluding hydrogens is 380 g/mol. The van der Waals surface area contributed by atoms with Gasteiger partial charge in [0.1, 0.15) is 11.6 Å². The third kappa shape index (κ3) is 3.81. The third-order valence-electron chi connectivity index (χ3n) is 5.55. The number of carbonyl (C=O) groups excluding carboxylic acids is 2. The van der Waals surface area contributed by atoms with E-state index in [0.717, 1.165) is 55.7 Å². The monoisotopic (exact) mass is 403 g/mol. The van der Waals surface area contributed by atoms with E-state index >= 15 is 0 Å². The molecule has 4 rings (SSSR count). The largest absolute Gasteiger partial charge is 0.337 e. The second-order valence-electron chi connectivity index (χ2n) is 7.48. The van der Waals surface area contributed by atoms with E-state index in [0.29, 0.717) is 18.7 Å². The normalized spacial score (nSPS) is 16.5. The fourth-order valence-corrected chi connectivity index (χ4v) is 3.97. The fourth-order valence-electron chi connectivity index (χ4n) is 3.97. The van der Waals surface area contributed by atoms with Gasteiger partial charge in [-0.25, -0.2) is 13.6 Å². The van der Waals surface area contributed by atoms with Gasteiger partial charge in [-0.05, 0) is 31.4 Å². The van der Waals surface area contributed by atoms with Crippen LogP contribution in [0.4, 0.5) is 19.3 Å². The lowest BCUT2D eigenvalue weighted by Crippen LogP contribution is -2.40. The molecule has 0 radical (unpaired) electrons. The van der Waals surface area contributed by atoms with E-state index in [4.69, 9.17) is 0 Å². The van der Waals surface area contributed by atoms with Gasteiger partial charge in [-0.2, -0.15) is 5.10 Å². The summed E-state index contributed by atoms with van der Waals surface area (Å²) in [4.78, 5) is 28.9. The Bertz CT molecular complexity index is 953. The summed E-state index contributed by atoms with van der Waals surface area (Å²) in [5, 5.41) is 6.91. The van der Waals surface area contributed by atoms with Crippen LogP contribution in [-0.4, -0.2) is 51.2 Å². The summed E-state index contributed by atoms with van der Waals surface area (Å²) in [6.45, 7) is 2.07. The number of rotatable bonds is 2. The van der Waals surface area contributed by atoms with Crippen molar-refractivity contribution in [2.75, 3.05) is 25.0 Å². The van der Waals surface area contributed by atoms with E-state index in [-0.39, 0.29) is 18.1 Å². The molecule has 1 aromatic heterocycles. The zero-order valence-corrected chi connectivity index (χ0v) is 16.3. The molecule has 0 unspecified atom stereocenters. The van der Waals surface area contributed by atoms with Crippen molar-refractivity contribution in [1.82, 2.24) is 19.6 Å². The standard InChI is InChI=1S/C20H23F2N5O2/c1-25-17-7-10-27(20(29)23-16-6-5-13(21)11-15(16)22)12-14(17)18(24-25)19(28)26-8-3-2-4-9-26/h5-6,11H,2-4,7-10,12H2,1H3,(H,23,29). The minimum absolute atomic E-state index is 0.0852. The van der Waals surface area contributed by atoms with E-state index in [1.54, 1.807) is 11.7 Å². The van der Waals surface area contributed by atoms with Crippen molar-refractivity contribution in [3.8, 4) is 0 Å². The lowest BCUT2D eigenvalue weighted by atomic mass is 10.0. The van der Waals surface area contributed by atoms with Gasteiger partial charge in [0.05, 0.1) is 12.2 Å². The van der Waals surface area contributed by atoms with Gasteiger partial charge in [0.2, 0.25) is 0 Å². The van der Waals surface area contributed by atoms with Crippen LogP contribution in [0, 0.1) is 11.6 Å². The highest BCUT2D eigenvalue weighted by Gasteiger charge is 2.31. The van der Waals surface area contributed by atoms with Crippen LogP contribution < -0.4 is 5.32 Å². The average Bonchev–Trinajstić information content (AvgIpc) is 3.06. The number of piperidine rings is 1. The van der Waals surface area contributed by atoms with Crippen LogP contribution in [0.15, 0.2) is 18.2 Å². The number of likely N-dealkylation sites (tertiary alicyclic amines) is 1. The van der Waals surface area contributed by atoms with Crippen LogP contribution in [0.1, 0.15) is 41.0 Å². The van der Waals surface area contributed by atoms with Crippen molar-refractivity contribution < 1.29 is 18.4 Å². The number of carbonyl (C=O) groups is 2. The van der Waals surface area contributed by atoms with Crippen molar-refractivity contribution in [3.05, 3.63) is 46.8 Å². The highest BCUT2D eigenvalue weighted by atomic mass is 19.1. The van der Waals surface area contributed by atoms with Crippen LogP contribution in [0.2, 0.25) is 0 Å². The quantitative estimate of drug-likeness (QED) is 0.838. The van der Waals surface area contributed by atoms with Crippen LogP contribution in [0.3, 0.4) is 0 Å². The van der Waals surface area contributed by atoms with Gasteiger partial charge in [-0.3, -0.25) is 9.48 Å². The Kier molecular flexibility index (Phi) is 5.21. The SMILES string of the molecule is Cn1nc(C(=O)N2CCCCC2)c2c1CCN(C(=O)Nc1ccc(F)cc1F)C2. The van der Waals surface area contributed by atoms with Crippen LogP contribution in [-0.2, 0) is 20.0 Å². The molecular formula is C20H23F2N5O2. The Morgan fingerprint density at radius 3 is 2.55 bits per heavy atom. The Labute approximate surface area is 167 Å². The zero-order chi connectivity index (χ0) is 20.5. The summed E-state index contributed by atoms with van der Waals surface area (Å²) >= 11 is 0. The first kappa shape index (κ1) is 19.4. The highest BCUT2D eigenvalue weighted by Crippen LogP contribution is 2.25. The number of hydrogen-bond donors (Lipinski definition) is 1. The van der Waals surface area contributed by atoms with Crippen molar-refractivity contribution in [3.63, 3.8) is 0 Å². The number of hydrogen-bond acceptors (Lipinski definition) is 3. The number of nitrogens with one attached hydrogen (secondary N) is 1. The number of anilines is 1. The Morgan fingerprint density at radius 2 is 1.83 bits per heavy atom. The van der Waals surface area contributed by atoms with Crippen molar-refractivity contribution in [2.24, 2.45) is 7.05 Å². The van der Waals surface area contributed by atoms with E-state index in [9.17, 15) is 18.4 Å². The highest BCUT2D eigenvalue weighted by molar-refractivity contribution is 5.95. The topological polar surface area (TPSA) is 70.5 Å². The van der Waals surface area contributed by atoms with Gasteiger partial charge < -0.3 is 15.1 Å². The first-order chi connectivity index (χ1) is 13.9. The molecule has 3 heterocycles. The number of fused-ring (bicyclic) bond motifs is 1. The summed E-state index contributed by atoms with van der Waals surface area (Å²) < 4.78 is 28.6. The first-order valence-corrected chi connectivity index (χ1v) is 9.79. The molecule has 0 saturated carbocycles. The number of urea groups is 1. The smallest absolute Gasteiger partial charge is 0.322 e. The van der Waals surface area contributed by atoms with Crippen LogP contribution in [0.25, 0.3) is 0 Å². The molecule has 0 atom stereocenters. The van der Waals surface area contributed by atoms with Gasteiger partial charge in [0, 0.05) is 50.4 Å². The third-order valence-corrected chi connectivity index (χ3v) is 5.55. The summed E-state index contributed by atoms with van der Waals surface area (Å²) in [6, 6.07) is 2.50. The molecule has 7 nitrogen and oxygen atoms in total. The second-order valence-corrected chi connectivity index (χ2v) is 7.48. The van der Waals surface area contributed by atoms with Crippen LogP contribution in [0.5, 0.6) is 0 Å². The van der Waals surface area contributed by atoms with Gasteiger partial charge in [0.15, 0.2) is 5.69 Å². The van der Waals surface area contributed by atoms with E-state index in [1.807, 2.05) is 4.90 Å². The van der Waals surface area contributed by atoms with Crippen LogP contribution >= 0.6 is 0 Å². The number of benzene rings is 1. The number of aromatic nitrogens is 2. The Hall–Kier alpha value is -2.97. The molecule has 29 heavy (non-hydrogen) atoms. The molecule has 0 bridgehead atoms. The van der Waals surface area contributed by atoms with E-state index < -0.39 is 17.7 Å². The summed E-state index contributed by atoms with van der Waals surface area (Å²) in [6.07, 6.45) is 3.64. The maximum atomic E-state index is 13.9. The van der Waals surface area contributed by atoms with Crippen molar-refractivity contribution in [2.45, 2.75) is 32.2 Å². The number of nitrogens with zero attached hydrogens (tertiary/aromatic N) is 4. The molecule has 1 saturated heterocycles. The number of aryl methyl sites for hydroxylation is 1. The summed E-state index contributed by atoms with van der Waals surface area (Å²) in [5.41, 5.74) is 1.97. The summed E-state index contributed by atoms with van der Waals surface area (Å²) in [7, 11) is 1.80. The Morgan fingerprint density at radius 1 is 1.07 bits per heavy atom. The molecule has 1 aromatic carbocycles. The second kappa shape index (κ2) is 7.81. The maximum Gasteiger partial charge on any atom is 0.322 e. The van der Waals surface area contributed by atoms with E-state index in [1.165, 1.54) is 11.0 Å². The molecule has 154 valence electrons. The number of halogens is 2. The first-order valence-electron chi connectivity index (χ1n) is 9.79. The molecule has 2 aromatic rings. The molecule has 9 heteroatoms. The molecule has 0 spiro atoms. The van der Waals surface area contributed by atoms with Crippen molar-refractivity contribution >= 4 is 17.6 Å². The summed E-state index contributed by atoms with van der Waals surface area (Å²) in [5.74, 6) is -1.65. The molecule has 1 fully saturated rings. The Balaban J connectivity index is 1.52. The maximum absolute atomic E-state index is 13.9. The lowest BCUT2D eigenvalue weighted by Gasteiger charge is -2.29.